The van der Waals surface area contributed by atoms with Crippen LogP contribution in [0.5, 0.6) is 0 Å². The molecule has 0 saturated heterocycles. The topological polar surface area (TPSA) is 34.1 Å². The fourth-order valence-electron chi connectivity index (χ4n) is 4.37. The molecule has 0 heterocycles. The molecule has 0 aliphatic heterocycles. The van der Waals surface area contributed by atoms with Crippen LogP contribution in [0.2, 0.25) is 19.6 Å². The lowest BCUT2D eigenvalue weighted by Crippen LogP contribution is -2.22. The molecule has 2 nitrogen and oxygen atoms in total. The van der Waals surface area contributed by atoms with Crippen molar-refractivity contribution in [2.45, 2.75) is 59.2 Å². The molecule has 0 radical (unpaired) electrons. The second-order valence-corrected chi connectivity index (χ2v) is 14.5. The van der Waals surface area contributed by atoms with Gasteiger partial charge in [0.05, 0.1) is 0 Å². The van der Waals surface area contributed by atoms with Gasteiger partial charge in [-0.25, -0.2) is 0 Å². The van der Waals surface area contributed by atoms with E-state index in [0.29, 0.717) is 22.3 Å². The first-order chi connectivity index (χ1) is 15.2. The van der Waals surface area contributed by atoms with E-state index in [1.165, 1.54) is 11.1 Å². The molecule has 1 aliphatic rings. The molecule has 0 aromatic heterocycles. The Bertz CT molecular complexity index is 1310. The standard InChI is InChI=1S/C29H30O2Si/c1-6-8-20-15-24-25(16-21(20)9-7-2)29(31)27-18-23-14-19(12-13-32(3,4)5)10-11-22(23)17-26(27)28(24)30/h10-11,14-18H,6-9H2,1-5H3. The van der Waals surface area contributed by atoms with E-state index in [1.54, 1.807) is 0 Å². The van der Waals surface area contributed by atoms with Crippen molar-refractivity contribution in [1.82, 2.24) is 0 Å². The highest BCUT2D eigenvalue weighted by atomic mass is 28.3. The van der Waals surface area contributed by atoms with Gasteiger partial charge in [0.2, 0.25) is 0 Å². The van der Waals surface area contributed by atoms with Gasteiger partial charge in [0.15, 0.2) is 11.6 Å². The van der Waals surface area contributed by atoms with E-state index in [9.17, 15) is 9.59 Å². The van der Waals surface area contributed by atoms with Crippen molar-refractivity contribution in [2.24, 2.45) is 0 Å². The summed E-state index contributed by atoms with van der Waals surface area (Å²) >= 11 is 0. The molecule has 0 atom stereocenters. The van der Waals surface area contributed by atoms with Crippen LogP contribution < -0.4 is 0 Å². The summed E-state index contributed by atoms with van der Waals surface area (Å²) in [5.41, 5.74) is 8.88. The van der Waals surface area contributed by atoms with Crippen molar-refractivity contribution in [3.8, 4) is 11.5 Å². The summed E-state index contributed by atoms with van der Waals surface area (Å²) in [5.74, 6) is 3.20. The molecule has 162 valence electrons. The maximum Gasteiger partial charge on any atom is 0.194 e. The fraction of sp³-hybridized carbons (Fsp3) is 0.310. The van der Waals surface area contributed by atoms with Gasteiger partial charge in [-0.15, -0.1) is 5.54 Å². The minimum atomic E-state index is -1.47. The Balaban J connectivity index is 1.85. The Hall–Kier alpha value is -2.96. The summed E-state index contributed by atoms with van der Waals surface area (Å²) in [4.78, 5) is 26.9. The SMILES string of the molecule is CCCc1cc2c(cc1CCC)C(=O)c1cc3cc(C#C[Si](C)(C)C)ccc3cc1C2=O. The molecule has 3 heteroatoms. The lowest BCUT2D eigenvalue weighted by molar-refractivity contribution is 0.0979. The van der Waals surface area contributed by atoms with E-state index in [4.69, 9.17) is 0 Å². The molecular formula is C29H30O2Si. The van der Waals surface area contributed by atoms with Crippen LogP contribution in [0.15, 0.2) is 42.5 Å². The number of aryl methyl sites for hydroxylation is 2. The molecule has 0 bridgehead atoms. The van der Waals surface area contributed by atoms with Crippen molar-refractivity contribution in [2.75, 3.05) is 0 Å². The van der Waals surface area contributed by atoms with Crippen LogP contribution in [-0.2, 0) is 12.8 Å². The van der Waals surface area contributed by atoms with E-state index in [1.807, 2.05) is 42.5 Å². The second kappa shape index (κ2) is 8.52. The highest BCUT2D eigenvalue weighted by Crippen LogP contribution is 2.33. The quantitative estimate of drug-likeness (QED) is 0.261. The van der Waals surface area contributed by atoms with E-state index in [0.717, 1.165) is 42.0 Å². The third-order valence-electron chi connectivity index (χ3n) is 5.92. The van der Waals surface area contributed by atoms with Gasteiger partial charge in [-0.1, -0.05) is 58.3 Å². The Kier molecular flexibility index (Phi) is 5.92. The largest absolute Gasteiger partial charge is 0.289 e. The summed E-state index contributed by atoms with van der Waals surface area (Å²) in [5, 5.41) is 1.91. The minimum Gasteiger partial charge on any atom is -0.289 e. The number of carbonyl (C=O) groups excluding carboxylic acids is 2. The summed E-state index contributed by atoms with van der Waals surface area (Å²) in [6, 6.07) is 13.8. The van der Waals surface area contributed by atoms with Crippen molar-refractivity contribution in [3.05, 3.63) is 81.4 Å². The van der Waals surface area contributed by atoms with E-state index in [-0.39, 0.29) is 11.6 Å². The number of rotatable bonds is 4. The zero-order chi connectivity index (χ0) is 23.0. The molecule has 0 spiro atoms. The van der Waals surface area contributed by atoms with Crippen LogP contribution in [0.1, 0.15) is 75.2 Å². The average molecular weight is 439 g/mol. The molecule has 32 heavy (non-hydrogen) atoms. The average Bonchev–Trinajstić information content (AvgIpc) is 2.75. The molecule has 0 N–H and O–H groups in total. The minimum absolute atomic E-state index is 0.0421. The number of ketones is 2. The molecule has 3 aromatic carbocycles. The number of hydrogen-bond acceptors (Lipinski definition) is 2. The highest BCUT2D eigenvalue weighted by molar-refractivity contribution is 6.83. The van der Waals surface area contributed by atoms with Gasteiger partial charge in [0.1, 0.15) is 8.07 Å². The molecule has 4 rings (SSSR count). The molecule has 0 saturated carbocycles. The maximum atomic E-state index is 13.5. The molecule has 0 unspecified atom stereocenters. The van der Waals surface area contributed by atoms with Crippen molar-refractivity contribution in [3.63, 3.8) is 0 Å². The van der Waals surface area contributed by atoms with Gasteiger partial charge in [-0.2, -0.15) is 0 Å². The molecular weight excluding hydrogens is 408 g/mol. The normalized spacial score (nSPS) is 12.9. The molecule has 3 aromatic rings. The molecule has 0 amide bonds. The summed E-state index contributed by atoms with van der Waals surface area (Å²) in [6.45, 7) is 11.0. The monoisotopic (exact) mass is 438 g/mol. The lowest BCUT2D eigenvalue weighted by Gasteiger charge is -2.21. The maximum absolute atomic E-state index is 13.5. The van der Waals surface area contributed by atoms with Gasteiger partial charge in [-0.05, 0) is 71.1 Å². The molecule has 0 fully saturated rings. The Morgan fingerprint density at radius 1 is 0.688 bits per heavy atom. The Labute approximate surface area is 192 Å². The van der Waals surface area contributed by atoms with Gasteiger partial charge in [0.25, 0.3) is 0 Å². The van der Waals surface area contributed by atoms with Gasteiger partial charge in [-0.3, -0.25) is 9.59 Å². The van der Waals surface area contributed by atoms with Crippen LogP contribution in [0, 0.1) is 11.5 Å². The van der Waals surface area contributed by atoms with Crippen molar-refractivity contribution >= 4 is 30.4 Å². The van der Waals surface area contributed by atoms with Gasteiger partial charge >= 0.3 is 0 Å². The van der Waals surface area contributed by atoms with Crippen molar-refractivity contribution < 1.29 is 9.59 Å². The summed E-state index contributed by atoms with van der Waals surface area (Å²) < 4.78 is 0. The third-order valence-corrected chi connectivity index (χ3v) is 6.79. The fourth-order valence-corrected chi connectivity index (χ4v) is 4.89. The first-order valence-electron chi connectivity index (χ1n) is 11.6. The van der Waals surface area contributed by atoms with Gasteiger partial charge < -0.3 is 0 Å². The predicted octanol–water partition coefficient (Wildman–Crippen LogP) is 6.75. The van der Waals surface area contributed by atoms with E-state index in [2.05, 4.69) is 45.0 Å². The number of hydrogen-bond donors (Lipinski definition) is 0. The molecule has 1 aliphatic carbocycles. The second-order valence-electron chi connectivity index (χ2n) is 9.78. The lowest BCUT2D eigenvalue weighted by atomic mass is 9.80. The predicted molar refractivity (Wildman–Crippen MR) is 135 cm³/mol. The highest BCUT2D eigenvalue weighted by Gasteiger charge is 2.31. The number of carbonyl (C=O) groups is 2. The van der Waals surface area contributed by atoms with E-state index >= 15 is 0 Å². The van der Waals surface area contributed by atoms with Crippen LogP contribution in [0.25, 0.3) is 10.8 Å². The summed E-state index contributed by atoms with van der Waals surface area (Å²) in [6.07, 6.45) is 3.88. The van der Waals surface area contributed by atoms with E-state index < -0.39 is 8.07 Å². The first-order valence-corrected chi connectivity index (χ1v) is 15.1. The number of benzene rings is 3. The van der Waals surface area contributed by atoms with Crippen LogP contribution in [0.4, 0.5) is 0 Å². The Morgan fingerprint density at radius 2 is 1.19 bits per heavy atom. The van der Waals surface area contributed by atoms with Crippen LogP contribution >= 0.6 is 0 Å². The Morgan fingerprint density at radius 3 is 1.69 bits per heavy atom. The first kappa shape index (κ1) is 22.2. The van der Waals surface area contributed by atoms with Crippen LogP contribution in [-0.4, -0.2) is 19.6 Å². The zero-order valence-corrected chi connectivity index (χ0v) is 20.7. The summed E-state index contributed by atoms with van der Waals surface area (Å²) in [7, 11) is -1.47. The van der Waals surface area contributed by atoms with Gasteiger partial charge in [0, 0.05) is 27.8 Å². The smallest absolute Gasteiger partial charge is 0.194 e. The third kappa shape index (κ3) is 4.20. The number of fused-ring (bicyclic) bond motifs is 3. The zero-order valence-electron chi connectivity index (χ0n) is 19.7. The van der Waals surface area contributed by atoms with Crippen LogP contribution in [0.3, 0.4) is 0 Å². The van der Waals surface area contributed by atoms with Crippen molar-refractivity contribution in [1.29, 1.82) is 0 Å².